The zero-order chi connectivity index (χ0) is 24.1. The van der Waals surface area contributed by atoms with Gasteiger partial charge >= 0.3 is 0 Å². The number of hydrogen-bond acceptors (Lipinski definition) is 5. The van der Waals surface area contributed by atoms with Crippen molar-refractivity contribution in [2.45, 2.75) is 13.5 Å². The Balaban J connectivity index is 1.41. The van der Waals surface area contributed by atoms with Gasteiger partial charge in [-0.25, -0.2) is 0 Å². The van der Waals surface area contributed by atoms with Crippen LogP contribution in [0.5, 0.6) is 11.5 Å². The number of thioether (sulfide) groups is 1. The number of nitrogens with zero attached hydrogens (tertiary/aromatic N) is 1. The van der Waals surface area contributed by atoms with E-state index in [-0.39, 0.29) is 24.3 Å². The van der Waals surface area contributed by atoms with E-state index in [2.05, 4.69) is 45.2 Å². The second kappa shape index (κ2) is 11.6. The van der Waals surface area contributed by atoms with E-state index < -0.39 is 0 Å². The molecule has 3 aromatic rings. The quantitative estimate of drug-likeness (QED) is 0.190. The SMILES string of the molecule is Cc1cccc(OCCN2C(=O)S/C(=C\c3cc(I)c(OCc4ccccc4)c(I)c3)C2=O)c1. The number of imide groups is 1. The average Bonchev–Trinajstić information content (AvgIpc) is 3.06. The van der Waals surface area contributed by atoms with E-state index in [9.17, 15) is 9.59 Å². The third-order valence-corrected chi connectivity index (χ3v) is 7.50. The number of amides is 2. The molecule has 0 aromatic heterocycles. The highest BCUT2D eigenvalue weighted by Crippen LogP contribution is 2.35. The van der Waals surface area contributed by atoms with Gasteiger partial charge in [0.2, 0.25) is 0 Å². The van der Waals surface area contributed by atoms with Crippen LogP contribution in [-0.4, -0.2) is 29.2 Å². The van der Waals surface area contributed by atoms with Gasteiger partial charge in [-0.3, -0.25) is 14.5 Å². The largest absolute Gasteiger partial charge is 0.492 e. The molecule has 1 saturated heterocycles. The molecule has 0 radical (unpaired) electrons. The predicted octanol–water partition coefficient (Wildman–Crippen LogP) is 6.90. The summed E-state index contributed by atoms with van der Waals surface area (Å²) in [6, 6.07) is 21.6. The highest BCUT2D eigenvalue weighted by Gasteiger charge is 2.34. The van der Waals surface area contributed by atoms with Crippen LogP contribution in [0.4, 0.5) is 4.79 Å². The van der Waals surface area contributed by atoms with Crippen molar-refractivity contribution >= 4 is 74.2 Å². The van der Waals surface area contributed by atoms with Crippen LogP contribution in [0.1, 0.15) is 16.7 Å². The standard InChI is InChI=1S/C26H21I2NO4S/c1-17-6-5-9-20(12-17)32-11-10-29-25(30)23(34-26(29)31)15-19-13-21(27)24(22(28)14-19)33-16-18-7-3-2-4-8-18/h2-9,12-15H,10-11,16H2,1H3/b23-15-. The second-order valence-corrected chi connectivity index (χ2v) is 10.9. The van der Waals surface area contributed by atoms with Crippen LogP contribution in [0.3, 0.4) is 0 Å². The van der Waals surface area contributed by atoms with Crippen molar-refractivity contribution in [3.63, 3.8) is 0 Å². The zero-order valence-electron chi connectivity index (χ0n) is 18.3. The fourth-order valence-corrected chi connectivity index (χ4v) is 6.33. The first-order valence-electron chi connectivity index (χ1n) is 10.5. The van der Waals surface area contributed by atoms with Crippen molar-refractivity contribution in [3.8, 4) is 11.5 Å². The van der Waals surface area contributed by atoms with Crippen LogP contribution in [0.25, 0.3) is 6.08 Å². The second-order valence-electron chi connectivity index (χ2n) is 7.59. The van der Waals surface area contributed by atoms with Gasteiger partial charge in [0.1, 0.15) is 24.7 Å². The van der Waals surface area contributed by atoms with Gasteiger partial charge in [-0.1, -0.05) is 42.5 Å². The molecule has 0 N–H and O–H groups in total. The summed E-state index contributed by atoms with van der Waals surface area (Å²) in [5, 5.41) is -0.281. The van der Waals surface area contributed by atoms with E-state index in [1.54, 1.807) is 6.08 Å². The van der Waals surface area contributed by atoms with Crippen LogP contribution in [0.15, 0.2) is 71.6 Å². The molecule has 5 nitrogen and oxygen atoms in total. The monoisotopic (exact) mass is 697 g/mol. The molecule has 1 fully saturated rings. The molecule has 0 bridgehead atoms. The zero-order valence-corrected chi connectivity index (χ0v) is 23.4. The summed E-state index contributed by atoms with van der Waals surface area (Å²) in [6.07, 6.45) is 1.76. The fraction of sp³-hybridized carbons (Fsp3) is 0.154. The fourth-order valence-electron chi connectivity index (χ4n) is 3.33. The van der Waals surface area contributed by atoms with Crippen molar-refractivity contribution in [2.75, 3.05) is 13.2 Å². The summed E-state index contributed by atoms with van der Waals surface area (Å²) in [5.74, 6) is 1.24. The van der Waals surface area contributed by atoms with E-state index in [1.165, 1.54) is 4.90 Å². The molecule has 4 rings (SSSR count). The lowest BCUT2D eigenvalue weighted by Gasteiger charge is -2.13. The first-order valence-corrected chi connectivity index (χ1v) is 13.5. The first-order chi connectivity index (χ1) is 16.4. The minimum atomic E-state index is -0.294. The molecule has 0 atom stereocenters. The van der Waals surface area contributed by atoms with Crippen molar-refractivity contribution < 1.29 is 19.1 Å². The van der Waals surface area contributed by atoms with Gasteiger partial charge in [0.15, 0.2) is 0 Å². The Bertz CT molecular complexity index is 1220. The number of carbonyl (C=O) groups is 2. The van der Waals surface area contributed by atoms with Gasteiger partial charge in [0.25, 0.3) is 11.1 Å². The molecule has 1 heterocycles. The molecule has 0 aliphatic carbocycles. The van der Waals surface area contributed by atoms with E-state index >= 15 is 0 Å². The Morgan fingerprint density at radius 2 is 1.68 bits per heavy atom. The number of aryl methyl sites for hydroxylation is 1. The summed E-state index contributed by atoms with van der Waals surface area (Å²) in [7, 11) is 0. The molecular formula is C26H21I2NO4S. The summed E-state index contributed by atoms with van der Waals surface area (Å²) in [6.45, 7) is 2.92. The summed E-state index contributed by atoms with van der Waals surface area (Å²) in [5.41, 5.74) is 3.04. The number of carbonyl (C=O) groups excluding carboxylic acids is 2. The lowest BCUT2D eigenvalue weighted by Crippen LogP contribution is -2.32. The van der Waals surface area contributed by atoms with Crippen molar-refractivity contribution in [1.29, 1.82) is 0 Å². The topological polar surface area (TPSA) is 55.8 Å². The predicted molar refractivity (Wildman–Crippen MR) is 152 cm³/mol. The van der Waals surface area contributed by atoms with Crippen molar-refractivity contribution in [1.82, 2.24) is 4.90 Å². The lowest BCUT2D eigenvalue weighted by molar-refractivity contribution is -0.123. The summed E-state index contributed by atoms with van der Waals surface area (Å²) >= 11 is 5.43. The van der Waals surface area contributed by atoms with Gasteiger partial charge in [0.05, 0.1) is 18.6 Å². The smallest absolute Gasteiger partial charge is 0.293 e. The number of rotatable bonds is 8. The van der Waals surface area contributed by atoms with Crippen molar-refractivity contribution in [3.05, 3.63) is 95.5 Å². The number of benzene rings is 3. The van der Waals surface area contributed by atoms with E-state index in [4.69, 9.17) is 9.47 Å². The molecule has 8 heteroatoms. The maximum atomic E-state index is 12.8. The van der Waals surface area contributed by atoms with Gasteiger partial charge in [-0.05, 0) is 111 Å². The maximum Gasteiger partial charge on any atom is 0.293 e. The van der Waals surface area contributed by atoms with Crippen LogP contribution in [-0.2, 0) is 11.4 Å². The van der Waals surface area contributed by atoms with Crippen LogP contribution < -0.4 is 9.47 Å². The molecule has 3 aromatic carbocycles. The Morgan fingerprint density at radius 3 is 2.38 bits per heavy atom. The van der Waals surface area contributed by atoms with E-state index in [1.807, 2.05) is 73.7 Å². The maximum absolute atomic E-state index is 12.8. The molecule has 0 spiro atoms. The molecule has 0 unspecified atom stereocenters. The minimum Gasteiger partial charge on any atom is -0.492 e. The van der Waals surface area contributed by atoms with Gasteiger partial charge in [-0.2, -0.15) is 0 Å². The van der Waals surface area contributed by atoms with Crippen LogP contribution >= 0.6 is 56.9 Å². The Kier molecular flexibility index (Phi) is 8.54. The van der Waals surface area contributed by atoms with Gasteiger partial charge in [-0.15, -0.1) is 0 Å². The van der Waals surface area contributed by atoms with Gasteiger partial charge < -0.3 is 9.47 Å². The highest BCUT2D eigenvalue weighted by molar-refractivity contribution is 14.1. The molecule has 1 aliphatic heterocycles. The Hall–Kier alpha value is -2.05. The van der Waals surface area contributed by atoms with E-state index in [0.29, 0.717) is 11.5 Å². The Morgan fingerprint density at radius 1 is 0.941 bits per heavy atom. The van der Waals surface area contributed by atoms with E-state index in [0.717, 1.165) is 47.1 Å². The molecule has 1 aliphatic rings. The number of halogens is 2. The molecule has 174 valence electrons. The third-order valence-electron chi connectivity index (χ3n) is 4.99. The number of hydrogen-bond donors (Lipinski definition) is 0. The molecule has 2 amide bonds. The minimum absolute atomic E-state index is 0.206. The number of ether oxygens (including phenoxy) is 2. The lowest BCUT2D eigenvalue weighted by atomic mass is 10.2. The third kappa shape index (κ3) is 6.33. The summed E-state index contributed by atoms with van der Waals surface area (Å²) < 4.78 is 13.6. The molecular weight excluding hydrogens is 676 g/mol. The first kappa shape index (κ1) is 25.1. The Labute approximate surface area is 230 Å². The molecule has 34 heavy (non-hydrogen) atoms. The van der Waals surface area contributed by atoms with Crippen molar-refractivity contribution in [2.24, 2.45) is 0 Å². The highest BCUT2D eigenvalue weighted by atomic mass is 127. The molecule has 0 saturated carbocycles. The normalized spacial score (nSPS) is 14.7. The van der Waals surface area contributed by atoms with Crippen LogP contribution in [0.2, 0.25) is 0 Å². The average molecular weight is 697 g/mol. The van der Waals surface area contributed by atoms with Crippen LogP contribution in [0, 0.1) is 14.1 Å². The van der Waals surface area contributed by atoms with Gasteiger partial charge in [0, 0.05) is 0 Å². The summed E-state index contributed by atoms with van der Waals surface area (Å²) in [4.78, 5) is 26.9.